The van der Waals surface area contributed by atoms with E-state index >= 15 is 0 Å². The fourth-order valence-corrected chi connectivity index (χ4v) is 3.72. The first kappa shape index (κ1) is 21.9. The fraction of sp³-hybridized carbons (Fsp3) is 0.364. The lowest BCUT2D eigenvalue weighted by Gasteiger charge is -2.24. The van der Waals surface area contributed by atoms with Crippen molar-refractivity contribution in [2.24, 2.45) is 0 Å². The van der Waals surface area contributed by atoms with Gasteiger partial charge in [0.1, 0.15) is 29.1 Å². The Labute approximate surface area is 180 Å². The molecule has 1 aliphatic heterocycles. The van der Waals surface area contributed by atoms with Crippen molar-refractivity contribution in [3.8, 4) is 5.75 Å². The Morgan fingerprint density at radius 3 is 2.60 bits per heavy atom. The molecule has 2 heterocycles. The summed E-state index contributed by atoms with van der Waals surface area (Å²) in [5, 5.41) is 11.4. The lowest BCUT2D eigenvalue weighted by molar-refractivity contribution is -0.140. The van der Waals surface area contributed by atoms with Crippen LogP contribution in [0.3, 0.4) is 0 Å². The molecule has 0 bridgehead atoms. The lowest BCUT2D eigenvalue weighted by atomic mass is 9.99. The third kappa shape index (κ3) is 4.22. The molecule has 1 aromatic carbocycles. The molecule has 3 rings (SSSR count). The van der Waals surface area contributed by atoms with Crippen molar-refractivity contribution >= 4 is 29.1 Å². The summed E-state index contributed by atoms with van der Waals surface area (Å²) in [6, 6.07) is 7.35. The summed E-state index contributed by atoms with van der Waals surface area (Å²) in [6.45, 7) is 2.89. The second kappa shape index (κ2) is 8.93. The summed E-state index contributed by atoms with van der Waals surface area (Å²) in [4.78, 5) is 29.2. The zero-order valence-corrected chi connectivity index (χ0v) is 18.2. The molecule has 1 N–H and O–H groups in total. The number of halogens is 1. The molecule has 1 amide bonds. The van der Waals surface area contributed by atoms with E-state index in [0.717, 1.165) is 6.54 Å². The van der Waals surface area contributed by atoms with Crippen molar-refractivity contribution in [1.29, 1.82) is 0 Å². The van der Waals surface area contributed by atoms with Crippen molar-refractivity contribution in [1.82, 2.24) is 9.80 Å². The number of amides is 1. The number of ether oxygens (including phenoxy) is 1. The topological polar surface area (TPSA) is 83.2 Å². The van der Waals surface area contributed by atoms with Gasteiger partial charge in [-0.25, -0.2) is 0 Å². The number of aliphatic hydroxyl groups excluding tert-OH is 1. The van der Waals surface area contributed by atoms with Gasteiger partial charge in [-0.1, -0.05) is 11.6 Å². The van der Waals surface area contributed by atoms with Crippen LogP contribution in [0.4, 0.5) is 0 Å². The van der Waals surface area contributed by atoms with E-state index in [4.69, 9.17) is 20.8 Å². The van der Waals surface area contributed by atoms with Gasteiger partial charge in [0.2, 0.25) is 0 Å². The highest BCUT2D eigenvalue weighted by Gasteiger charge is 2.47. The monoisotopic (exact) mass is 432 g/mol. The Morgan fingerprint density at radius 1 is 1.27 bits per heavy atom. The first-order valence-corrected chi connectivity index (χ1v) is 9.95. The van der Waals surface area contributed by atoms with Gasteiger partial charge in [-0.3, -0.25) is 9.59 Å². The second-order valence-corrected chi connectivity index (χ2v) is 7.85. The van der Waals surface area contributed by atoms with Gasteiger partial charge in [-0.15, -0.1) is 0 Å². The number of hydrogen-bond donors (Lipinski definition) is 1. The van der Waals surface area contributed by atoms with Crippen LogP contribution < -0.4 is 4.74 Å². The van der Waals surface area contributed by atoms with Crippen molar-refractivity contribution in [3.63, 3.8) is 0 Å². The third-order valence-electron chi connectivity index (χ3n) is 5.00. The number of carbonyl (C=O) groups is 2. The lowest BCUT2D eigenvalue weighted by Crippen LogP contribution is -2.32. The van der Waals surface area contributed by atoms with E-state index in [1.54, 1.807) is 31.2 Å². The van der Waals surface area contributed by atoms with Crippen LogP contribution in [0.1, 0.15) is 29.5 Å². The third-order valence-corrected chi connectivity index (χ3v) is 5.31. The van der Waals surface area contributed by atoms with Gasteiger partial charge in [-0.05, 0) is 64.3 Å². The standard InChI is InChI=1S/C22H25ClN2O5/c1-13-6-9-16(30-13)19-18(20(26)14-7-8-15(23)17(12-14)29-4)21(27)22(28)25(19)11-5-10-24(2)3/h6-9,12,19,26H,5,10-11H2,1-4H3/b20-18-. The predicted molar refractivity (Wildman–Crippen MR) is 114 cm³/mol. The molecule has 30 heavy (non-hydrogen) atoms. The van der Waals surface area contributed by atoms with E-state index in [1.165, 1.54) is 18.1 Å². The van der Waals surface area contributed by atoms with Gasteiger partial charge in [0.25, 0.3) is 11.7 Å². The quantitative estimate of drug-likeness (QED) is 0.408. The minimum atomic E-state index is -0.803. The molecule has 8 heteroatoms. The largest absolute Gasteiger partial charge is 0.507 e. The molecule has 1 aliphatic rings. The van der Waals surface area contributed by atoms with Crippen LogP contribution >= 0.6 is 11.6 Å². The predicted octanol–water partition coefficient (Wildman–Crippen LogP) is 3.62. The second-order valence-electron chi connectivity index (χ2n) is 7.45. The molecule has 0 spiro atoms. The van der Waals surface area contributed by atoms with Crippen molar-refractivity contribution < 1.29 is 23.8 Å². The van der Waals surface area contributed by atoms with Crippen LogP contribution in [-0.4, -0.2) is 60.9 Å². The smallest absolute Gasteiger partial charge is 0.295 e. The number of hydrogen-bond acceptors (Lipinski definition) is 6. The molecule has 0 saturated carbocycles. The zero-order valence-electron chi connectivity index (χ0n) is 17.4. The van der Waals surface area contributed by atoms with Gasteiger partial charge < -0.3 is 24.1 Å². The molecule has 0 aliphatic carbocycles. The molecule has 1 unspecified atom stereocenters. The minimum absolute atomic E-state index is 0.0106. The number of Topliss-reactive ketones (excluding diaryl/α,β-unsaturated/α-hetero) is 1. The maximum Gasteiger partial charge on any atom is 0.295 e. The molecule has 1 saturated heterocycles. The van der Waals surface area contributed by atoms with Crippen LogP contribution in [0.15, 0.2) is 40.3 Å². The average molecular weight is 433 g/mol. The maximum atomic E-state index is 12.9. The van der Waals surface area contributed by atoms with E-state index in [-0.39, 0.29) is 11.3 Å². The van der Waals surface area contributed by atoms with Crippen molar-refractivity contribution in [3.05, 3.63) is 58.0 Å². The highest BCUT2D eigenvalue weighted by Crippen LogP contribution is 2.40. The van der Waals surface area contributed by atoms with E-state index < -0.39 is 17.7 Å². The normalized spacial score (nSPS) is 18.5. The van der Waals surface area contributed by atoms with Gasteiger partial charge in [0.05, 0.1) is 17.7 Å². The SMILES string of the molecule is COc1cc(/C(O)=C2/C(=O)C(=O)N(CCCN(C)C)C2c2ccc(C)o2)ccc1Cl. The Bertz CT molecular complexity index is 995. The number of nitrogens with zero attached hydrogens (tertiary/aromatic N) is 2. The number of rotatable bonds is 7. The summed E-state index contributed by atoms with van der Waals surface area (Å²) in [5.74, 6) is -0.263. The number of methoxy groups -OCH3 is 1. The van der Waals surface area contributed by atoms with Crippen LogP contribution in [-0.2, 0) is 9.59 Å². The minimum Gasteiger partial charge on any atom is -0.507 e. The number of carbonyl (C=O) groups excluding carboxylic acids is 2. The Balaban J connectivity index is 2.09. The molecule has 1 aromatic heterocycles. The summed E-state index contributed by atoms with van der Waals surface area (Å²) in [6.07, 6.45) is 0.672. The van der Waals surface area contributed by atoms with E-state index in [2.05, 4.69) is 0 Å². The molecule has 0 radical (unpaired) electrons. The molecule has 2 aromatic rings. The van der Waals surface area contributed by atoms with Crippen molar-refractivity contribution in [2.45, 2.75) is 19.4 Å². The summed E-state index contributed by atoms with van der Waals surface area (Å²) >= 11 is 6.07. The number of aryl methyl sites for hydroxylation is 1. The van der Waals surface area contributed by atoms with Crippen molar-refractivity contribution in [2.75, 3.05) is 34.3 Å². The first-order valence-electron chi connectivity index (χ1n) is 9.58. The number of likely N-dealkylation sites (tertiary alicyclic amines) is 1. The Kier molecular flexibility index (Phi) is 6.53. The Hall–Kier alpha value is -2.77. The first-order chi connectivity index (χ1) is 14.2. The molecular formula is C22H25ClN2O5. The number of ketones is 1. The van der Waals surface area contributed by atoms with Crippen LogP contribution in [0.2, 0.25) is 5.02 Å². The van der Waals surface area contributed by atoms with Gasteiger partial charge in [0.15, 0.2) is 0 Å². The molecule has 1 fully saturated rings. The van der Waals surface area contributed by atoms with Crippen LogP contribution in [0.5, 0.6) is 5.75 Å². The van der Waals surface area contributed by atoms with E-state index in [9.17, 15) is 14.7 Å². The Morgan fingerprint density at radius 2 is 2.00 bits per heavy atom. The molecule has 1 atom stereocenters. The van der Waals surface area contributed by atoms with Crippen LogP contribution in [0, 0.1) is 6.92 Å². The van der Waals surface area contributed by atoms with Gasteiger partial charge in [0, 0.05) is 12.1 Å². The zero-order chi connectivity index (χ0) is 22.0. The number of aliphatic hydroxyl groups is 1. The maximum absolute atomic E-state index is 12.9. The fourth-order valence-electron chi connectivity index (χ4n) is 3.53. The summed E-state index contributed by atoms with van der Waals surface area (Å²) in [5.41, 5.74) is 0.319. The highest BCUT2D eigenvalue weighted by atomic mass is 35.5. The summed E-state index contributed by atoms with van der Waals surface area (Å²) < 4.78 is 11.0. The number of benzene rings is 1. The van der Waals surface area contributed by atoms with Gasteiger partial charge in [-0.2, -0.15) is 0 Å². The van der Waals surface area contributed by atoms with Crippen LogP contribution in [0.25, 0.3) is 5.76 Å². The number of furan rings is 1. The molecule has 160 valence electrons. The van der Waals surface area contributed by atoms with E-state index in [1.807, 2.05) is 19.0 Å². The average Bonchev–Trinajstić information content (AvgIpc) is 3.23. The highest BCUT2D eigenvalue weighted by molar-refractivity contribution is 6.46. The molecular weight excluding hydrogens is 408 g/mol. The van der Waals surface area contributed by atoms with E-state index in [0.29, 0.717) is 40.8 Å². The summed E-state index contributed by atoms with van der Waals surface area (Å²) in [7, 11) is 5.34. The van der Waals surface area contributed by atoms with Gasteiger partial charge >= 0.3 is 0 Å². The molecule has 7 nitrogen and oxygen atoms in total.